The molecule has 0 saturated heterocycles. The van der Waals surface area contributed by atoms with Crippen LogP contribution in [0.3, 0.4) is 0 Å². The molecule has 0 fully saturated rings. The first kappa shape index (κ1) is 15.0. The second kappa shape index (κ2) is 6.78. The second-order valence-corrected chi connectivity index (χ2v) is 5.06. The van der Waals surface area contributed by atoms with Crippen molar-refractivity contribution < 1.29 is 0 Å². The van der Waals surface area contributed by atoms with Gasteiger partial charge in [0.05, 0.1) is 0 Å². The molecule has 0 amide bonds. The summed E-state index contributed by atoms with van der Waals surface area (Å²) >= 11 is 5.79. The molecule has 1 aromatic rings. The van der Waals surface area contributed by atoms with Crippen LogP contribution in [-0.2, 0) is 13.6 Å². The maximum atomic E-state index is 12.0. The molecular formula is C13H21ClN2O2. The smallest absolute Gasteiger partial charge is 0.287 e. The standard InChI is InChI=1S/C13H21ClN2O2/c1-4-6-7-10(5-2)9-16-12(17)8-11(14)15(3)13(16)18/h8,10H,4-7,9H2,1-3H3. The van der Waals surface area contributed by atoms with E-state index in [2.05, 4.69) is 13.8 Å². The molecule has 5 heteroatoms. The van der Waals surface area contributed by atoms with E-state index in [-0.39, 0.29) is 16.4 Å². The molecule has 0 spiro atoms. The highest BCUT2D eigenvalue weighted by Gasteiger charge is 2.12. The highest BCUT2D eigenvalue weighted by atomic mass is 35.5. The lowest BCUT2D eigenvalue weighted by atomic mass is 9.99. The third-order valence-corrected chi connectivity index (χ3v) is 3.69. The lowest BCUT2D eigenvalue weighted by Gasteiger charge is -2.16. The number of rotatable bonds is 6. The van der Waals surface area contributed by atoms with Crippen LogP contribution in [0.1, 0.15) is 39.5 Å². The molecule has 102 valence electrons. The number of aromatic nitrogens is 2. The number of hydrogen-bond donors (Lipinski definition) is 0. The molecule has 1 heterocycles. The molecule has 1 unspecified atom stereocenters. The van der Waals surface area contributed by atoms with Crippen molar-refractivity contribution in [3.63, 3.8) is 0 Å². The molecule has 1 atom stereocenters. The minimum Gasteiger partial charge on any atom is -0.287 e. The minimum atomic E-state index is -0.331. The van der Waals surface area contributed by atoms with Crippen LogP contribution in [0.15, 0.2) is 15.7 Å². The van der Waals surface area contributed by atoms with Crippen LogP contribution in [0.2, 0.25) is 5.15 Å². The summed E-state index contributed by atoms with van der Waals surface area (Å²) in [6, 6.07) is 1.30. The predicted octanol–water partition coefficient (Wildman–Crippen LogP) is 2.42. The molecule has 1 rings (SSSR count). The van der Waals surface area contributed by atoms with E-state index in [9.17, 15) is 9.59 Å². The van der Waals surface area contributed by atoms with Gasteiger partial charge in [-0.25, -0.2) is 4.79 Å². The summed E-state index contributed by atoms with van der Waals surface area (Å²) in [6.07, 6.45) is 4.27. The molecule has 1 aromatic heterocycles. The molecular weight excluding hydrogens is 252 g/mol. The number of nitrogens with zero attached hydrogens (tertiary/aromatic N) is 2. The van der Waals surface area contributed by atoms with Gasteiger partial charge in [0, 0.05) is 19.7 Å². The Morgan fingerprint density at radius 1 is 1.33 bits per heavy atom. The van der Waals surface area contributed by atoms with E-state index in [4.69, 9.17) is 11.6 Å². The zero-order chi connectivity index (χ0) is 13.7. The Labute approximate surface area is 112 Å². The Hall–Kier alpha value is -1.03. The van der Waals surface area contributed by atoms with Gasteiger partial charge in [0.2, 0.25) is 0 Å². The van der Waals surface area contributed by atoms with Gasteiger partial charge in [0.25, 0.3) is 5.56 Å². The Morgan fingerprint density at radius 3 is 2.56 bits per heavy atom. The average molecular weight is 273 g/mol. The lowest BCUT2D eigenvalue weighted by molar-refractivity contribution is 0.373. The van der Waals surface area contributed by atoms with Gasteiger partial charge in [-0.1, -0.05) is 44.7 Å². The van der Waals surface area contributed by atoms with Crippen LogP contribution in [0, 0.1) is 5.92 Å². The molecule has 0 aromatic carbocycles. The van der Waals surface area contributed by atoms with Crippen LogP contribution in [-0.4, -0.2) is 9.13 Å². The van der Waals surface area contributed by atoms with E-state index >= 15 is 0 Å². The zero-order valence-corrected chi connectivity index (χ0v) is 12.0. The summed E-state index contributed by atoms with van der Waals surface area (Å²) in [4.78, 5) is 23.8. The van der Waals surface area contributed by atoms with Crippen LogP contribution >= 0.6 is 11.6 Å². The molecule has 0 N–H and O–H groups in total. The van der Waals surface area contributed by atoms with Crippen molar-refractivity contribution in [1.82, 2.24) is 9.13 Å². The molecule has 18 heavy (non-hydrogen) atoms. The molecule has 0 radical (unpaired) electrons. The Balaban J connectivity index is 3.00. The van der Waals surface area contributed by atoms with Gasteiger partial charge >= 0.3 is 5.69 Å². The summed E-state index contributed by atoms with van der Waals surface area (Å²) < 4.78 is 2.59. The maximum absolute atomic E-state index is 12.0. The van der Waals surface area contributed by atoms with Gasteiger partial charge in [0.1, 0.15) is 5.15 Å². The number of unbranched alkanes of at least 4 members (excludes halogenated alkanes) is 1. The number of halogens is 1. The summed E-state index contributed by atoms with van der Waals surface area (Å²) in [7, 11) is 1.58. The first-order chi connectivity index (χ1) is 8.51. The summed E-state index contributed by atoms with van der Waals surface area (Å²) in [5.41, 5.74) is -0.638. The van der Waals surface area contributed by atoms with E-state index in [0.29, 0.717) is 12.5 Å². The maximum Gasteiger partial charge on any atom is 0.331 e. The Morgan fingerprint density at radius 2 is 2.00 bits per heavy atom. The van der Waals surface area contributed by atoms with Gasteiger partial charge in [-0.05, 0) is 12.3 Å². The Bertz CT molecular complexity index is 505. The van der Waals surface area contributed by atoms with Crippen LogP contribution in [0.25, 0.3) is 0 Å². The van der Waals surface area contributed by atoms with Crippen molar-refractivity contribution in [2.24, 2.45) is 13.0 Å². The Kier molecular flexibility index (Phi) is 5.66. The summed E-state index contributed by atoms with van der Waals surface area (Å²) in [6.45, 7) is 4.71. The van der Waals surface area contributed by atoms with E-state index < -0.39 is 0 Å². The van der Waals surface area contributed by atoms with Gasteiger partial charge in [-0.2, -0.15) is 0 Å². The predicted molar refractivity (Wildman–Crippen MR) is 74.3 cm³/mol. The normalized spacial score (nSPS) is 12.7. The van der Waals surface area contributed by atoms with E-state index in [1.807, 2.05) is 0 Å². The lowest BCUT2D eigenvalue weighted by Crippen LogP contribution is -2.40. The van der Waals surface area contributed by atoms with Crippen molar-refractivity contribution >= 4 is 11.6 Å². The minimum absolute atomic E-state index is 0.183. The van der Waals surface area contributed by atoms with Gasteiger partial charge < -0.3 is 0 Å². The van der Waals surface area contributed by atoms with Crippen molar-refractivity contribution in [2.75, 3.05) is 0 Å². The molecule has 0 aliphatic heterocycles. The first-order valence-electron chi connectivity index (χ1n) is 6.47. The fourth-order valence-electron chi connectivity index (χ4n) is 1.99. The highest BCUT2D eigenvalue weighted by molar-refractivity contribution is 6.29. The van der Waals surface area contributed by atoms with Crippen molar-refractivity contribution in [1.29, 1.82) is 0 Å². The molecule has 0 aliphatic carbocycles. The average Bonchev–Trinajstić information content (AvgIpc) is 2.35. The van der Waals surface area contributed by atoms with Crippen LogP contribution in [0.4, 0.5) is 0 Å². The van der Waals surface area contributed by atoms with Crippen LogP contribution in [0.5, 0.6) is 0 Å². The third-order valence-electron chi connectivity index (χ3n) is 3.33. The highest BCUT2D eigenvalue weighted by Crippen LogP contribution is 2.13. The summed E-state index contributed by atoms with van der Waals surface area (Å²) in [5.74, 6) is 0.372. The van der Waals surface area contributed by atoms with Crippen molar-refractivity contribution in [3.8, 4) is 0 Å². The third kappa shape index (κ3) is 3.48. The van der Waals surface area contributed by atoms with Crippen LogP contribution < -0.4 is 11.2 Å². The van der Waals surface area contributed by atoms with Crippen molar-refractivity contribution in [3.05, 3.63) is 32.1 Å². The van der Waals surface area contributed by atoms with E-state index in [0.717, 1.165) is 25.7 Å². The topological polar surface area (TPSA) is 44.0 Å². The monoisotopic (exact) mass is 272 g/mol. The van der Waals surface area contributed by atoms with Gasteiger partial charge in [-0.3, -0.25) is 13.9 Å². The van der Waals surface area contributed by atoms with Gasteiger partial charge in [0.15, 0.2) is 0 Å². The van der Waals surface area contributed by atoms with Crippen molar-refractivity contribution in [2.45, 2.75) is 46.1 Å². The fraction of sp³-hybridized carbons (Fsp3) is 0.692. The summed E-state index contributed by atoms with van der Waals surface area (Å²) in [5, 5.41) is 0.183. The molecule has 0 bridgehead atoms. The first-order valence-corrected chi connectivity index (χ1v) is 6.85. The molecule has 0 saturated carbocycles. The largest absolute Gasteiger partial charge is 0.331 e. The van der Waals surface area contributed by atoms with Gasteiger partial charge in [-0.15, -0.1) is 0 Å². The number of hydrogen-bond acceptors (Lipinski definition) is 2. The quantitative estimate of drug-likeness (QED) is 0.747. The SMILES string of the molecule is CCCCC(CC)Cn1c(=O)cc(Cl)n(C)c1=O. The van der Waals surface area contributed by atoms with E-state index in [1.165, 1.54) is 15.2 Å². The fourth-order valence-corrected chi connectivity index (χ4v) is 2.15. The van der Waals surface area contributed by atoms with E-state index in [1.54, 1.807) is 7.05 Å². The zero-order valence-electron chi connectivity index (χ0n) is 11.3. The molecule has 0 aliphatic rings. The second-order valence-electron chi connectivity index (χ2n) is 4.67. The molecule has 4 nitrogen and oxygen atoms in total.